The van der Waals surface area contributed by atoms with Gasteiger partial charge in [0.25, 0.3) is 5.91 Å². The fourth-order valence-electron chi connectivity index (χ4n) is 4.77. The minimum Gasteiger partial charge on any atom is -0.467 e. The van der Waals surface area contributed by atoms with Crippen LogP contribution in [0.1, 0.15) is 41.4 Å². The van der Waals surface area contributed by atoms with Gasteiger partial charge < -0.3 is 18.8 Å². The van der Waals surface area contributed by atoms with Gasteiger partial charge in [-0.25, -0.2) is 4.98 Å². The van der Waals surface area contributed by atoms with Crippen molar-refractivity contribution in [1.82, 2.24) is 14.5 Å². The summed E-state index contributed by atoms with van der Waals surface area (Å²) in [6, 6.07) is 18.7. The first-order valence-corrected chi connectivity index (χ1v) is 11.2. The number of furan rings is 1. The summed E-state index contributed by atoms with van der Waals surface area (Å²) in [5.41, 5.74) is 5.23. The minimum absolute atomic E-state index is 0.0522. The van der Waals surface area contributed by atoms with Crippen LogP contribution in [0.2, 0.25) is 0 Å². The van der Waals surface area contributed by atoms with Gasteiger partial charge >= 0.3 is 0 Å². The molecule has 164 valence electrons. The number of para-hydroxylation sites is 3. The minimum atomic E-state index is -0.0522. The van der Waals surface area contributed by atoms with Crippen LogP contribution < -0.4 is 4.90 Å². The monoisotopic (exact) mass is 428 g/mol. The fraction of sp³-hybridized carbons (Fsp3) is 0.308. The number of imidazole rings is 1. The molecule has 1 aliphatic heterocycles. The zero-order valence-electron chi connectivity index (χ0n) is 18.8. The molecule has 3 heterocycles. The molecule has 6 nitrogen and oxygen atoms in total. The van der Waals surface area contributed by atoms with Crippen LogP contribution in [0.15, 0.2) is 65.3 Å². The van der Waals surface area contributed by atoms with Gasteiger partial charge in [-0.15, -0.1) is 0 Å². The van der Waals surface area contributed by atoms with E-state index in [1.807, 2.05) is 25.2 Å². The Hall–Kier alpha value is -3.54. The lowest BCUT2D eigenvalue weighted by molar-refractivity contribution is 0.0778. The summed E-state index contributed by atoms with van der Waals surface area (Å²) in [5.74, 6) is 1.54. The average Bonchev–Trinajstić information content (AvgIpc) is 3.49. The second-order valence-electron chi connectivity index (χ2n) is 8.49. The van der Waals surface area contributed by atoms with Crippen molar-refractivity contribution in [3.8, 4) is 0 Å². The molecule has 32 heavy (non-hydrogen) atoms. The number of amides is 1. The number of carbonyl (C=O) groups is 1. The van der Waals surface area contributed by atoms with Crippen LogP contribution in [-0.2, 0) is 26.1 Å². The quantitative estimate of drug-likeness (QED) is 0.440. The van der Waals surface area contributed by atoms with Crippen LogP contribution in [-0.4, -0.2) is 33.4 Å². The number of carbonyl (C=O) groups excluding carboxylic acids is 1. The molecule has 0 N–H and O–H groups in total. The molecule has 0 radical (unpaired) electrons. The van der Waals surface area contributed by atoms with Crippen LogP contribution in [0.3, 0.4) is 0 Å². The lowest BCUT2D eigenvalue weighted by atomic mass is 10.1. The summed E-state index contributed by atoms with van der Waals surface area (Å²) >= 11 is 0. The number of nitrogens with zero attached hydrogens (tertiary/aromatic N) is 4. The zero-order valence-corrected chi connectivity index (χ0v) is 18.8. The number of rotatable bonds is 6. The number of hydrogen-bond acceptors (Lipinski definition) is 4. The third-order valence-electron chi connectivity index (χ3n) is 6.41. The molecule has 1 amide bonds. The molecule has 2 aromatic carbocycles. The summed E-state index contributed by atoms with van der Waals surface area (Å²) in [5, 5.41) is 0. The van der Waals surface area contributed by atoms with Crippen molar-refractivity contribution in [2.45, 2.75) is 45.9 Å². The van der Waals surface area contributed by atoms with Crippen LogP contribution in [0, 0.1) is 0 Å². The highest BCUT2D eigenvalue weighted by Gasteiger charge is 2.29. The van der Waals surface area contributed by atoms with Gasteiger partial charge in [-0.1, -0.05) is 30.3 Å². The van der Waals surface area contributed by atoms with Crippen molar-refractivity contribution >= 4 is 22.6 Å². The van der Waals surface area contributed by atoms with Gasteiger partial charge in [0.2, 0.25) is 0 Å². The Morgan fingerprint density at radius 3 is 2.78 bits per heavy atom. The van der Waals surface area contributed by atoms with E-state index in [1.54, 1.807) is 17.2 Å². The number of aryl methyl sites for hydroxylation is 1. The molecule has 0 bridgehead atoms. The predicted molar refractivity (Wildman–Crippen MR) is 126 cm³/mol. The zero-order chi connectivity index (χ0) is 22.2. The van der Waals surface area contributed by atoms with Crippen molar-refractivity contribution < 1.29 is 9.21 Å². The maximum Gasteiger partial charge on any atom is 0.257 e. The lowest BCUT2D eigenvalue weighted by Gasteiger charge is -2.24. The Balaban J connectivity index is 1.37. The molecule has 1 unspecified atom stereocenters. The molecule has 2 aromatic heterocycles. The molecular weight excluding hydrogens is 400 g/mol. The largest absolute Gasteiger partial charge is 0.467 e. The maximum atomic E-state index is 13.4. The second-order valence-corrected chi connectivity index (χ2v) is 8.49. The Labute approximate surface area is 188 Å². The highest BCUT2D eigenvalue weighted by atomic mass is 16.3. The van der Waals surface area contributed by atoms with E-state index in [2.05, 4.69) is 53.6 Å². The molecule has 4 aromatic rings. The summed E-state index contributed by atoms with van der Waals surface area (Å²) in [6.45, 7) is 6.14. The van der Waals surface area contributed by atoms with Gasteiger partial charge in [0.15, 0.2) is 0 Å². The van der Waals surface area contributed by atoms with Crippen LogP contribution in [0.4, 0.5) is 5.69 Å². The van der Waals surface area contributed by atoms with E-state index < -0.39 is 0 Å². The summed E-state index contributed by atoms with van der Waals surface area (Å²) in [7, 11) is 1.83. The smallest absolute Gasteiger partial charge is 0.257 e. The number of hydrogen-bond donors (Lipinski definition) is 0. The standard InChI is InChI=1S/C26H28N4O2/c1-4-29-23-12-8-6-10-21(23)27-25(29)17-28(3)26(31)20-13-14-32-24(20)16-30-18(2)15-19-9-5-7-11-22(19)30/h5-14,18H,4,15-17H2,1-3H3. The SMILES string of the molecule is CCn1c(CN(C)C(=O)c2ccoc2CN2c3ccccc3CC2C)nc2ccccc21. The highest BCUT2D eigenvalue weighted by Crippen LogP contribution is 2.33. The lowest BCUT2D eigenvalue weighted by Crippen LogP contribution is -2.31. The van der Waals surface area contributed by atoms with Crippen molar-refractivity contribution in [3.05, 3.63) is 83.6 Å². The van der Waals surface area contributed by atoms with Crippen LogP contribution >= 0.6 is 0 Å². The molecular formula is C26H28N4O2. The van der Waals surface area contributed by atoms with Crippen molar-refractivity contribution in [3.63, 3.8) is 0 Å². The van der Waals surface area contributed by atoms with E-state index in [4.69, 9.17) is 9.40 Å². The van der Waals surface area contributed by atoms with Crippen molar-refractivity contribution in [2.75, 3.05) is 11.9 Å². The Bertz CT molecular complexity index is 1270. The predicted octanol–water partition coefficient (Wildman–Crippen LogP) is 4.87. The first-order chi connectivity index (χ1) is 15.6. The normalized spacial score (nSPS) is 15.3. The fourth-order valence-corrected chi connectivity index (χ4v) is 4.77. The third-order valence-corrected chi connectivity index (χ3v) is 6.41. The maximum absolute atomic E-state index is 13.4. The topological polar surface area (TPSA) is 54.5 Å². The average molecular weight is 429 g/mol. The molecule has 0 aliphatic carbocycles. The van der Waals surface area contributed by atoms with Gasteiger partial charge in [-0.3, -0.25) is 4.79 Å². The molecule has 0 spiro atoms. The van der Waals surface area contributed by atoms with E-state index in [0.29, 0.717) is 30.5 Å². The number of anilines is 1. The van der Waals surface area contributed by atoms with Gasteiger partial charge in [0.1, 0.15) is 11.6 Å². The molecule has 1 aliphatic rings. The molecule has 0 fully saturated rings. The molecule has 1 atom stereocenters. The number of benzene rings is 2. The third kappa shape index (κ3) is 3.45. The van der Waals surface area contributed by atoms with E-state index in [0.717, 1.165) is 29.8 Å². The van der Waals surface area contributed by atoms with E-state index in [-0.39, 0.29) is 5.91 Å². The van der Waals surface area contributed by atoms with Gasteiger partial charge in [0.05, 0.1) is 35.9 Å². The van der Waals surface area contributed by atoms with Gasteiger partial charge in [-0.05, 0) is 50.1 Å². The van der Waals surface area contributed by atoms with E-state index in [1.165, 1.54) is 11.3 Å². The molecule has 0 saturated carbocycles. The Morgan fingerprint density at radius 1 is 1.16 bits per heavy atom. The molecule has 6 heteroatoms. The summed E-state index contributed by atoms with van der Waals surface area (Å²) in [6.07, 6.45) is 2.62. The summed E-state index contributed by atoms with van der Waals surface area (Å²) < 4.78 is 7.96. The van der Waals surface area contributed by atoms with E-state index >= 15 is 0 Å². The van der Waals surface area contributed by atoms with Gasteiger partial charge in [-0.2, -0.15) is 0 Å². The number of aromatic nitrogens is 2. The van der Waals surface area contributed by atoms with E-state index in [9.17, 15) is 4.79 Å². The number of fused-ring (bicyclic) bond motifs is 2. The first-order valence-electron chi connectivity index (χ1n) is 11.2. The second kappa shape index (κ2) is 8.19. The Kier molecular flexibility index (Phi) is 5.21. The summed E-state index contributed by atoms with van der Waals surface area (Å²) in [4.78, 5) is 22.2. The molecule has 5 rings (SSSR count). The Morgan fingerprint density at radius 2 is 1.94 bits per heavy atom. The van der Waals surface area contributed by atoms with Crippen molar-refractivity contribution in [1.29, 1.82) is 0 Å². The molecule has 0 saturated heterocycles. The first kappa shape index (κ1) is 20.4. The van der Waals surface area contributed by atoms with Crippen molar-refractivity contribution in [2.24, 2.45) is 0 Å². The van der Waals surface area contributed by atoms with Crippen LogP contribution in [0.25, 0.3) is 11.0 Å². The van der Waals surface area contributed by atoms with Gasteiger partial charge in [0, 0.05) is 25.3 Å². The highest BCUT2D eigenvalue weighted by molar-refractivity contribution is 5.95. The van der Waals surface area contributed by atoms with Crippen LogP contribution in [0.5, 0.6) is 0 Å².